The molecule has 3 rings (SSSR count). The molecule has 1 amide bonds. The standard InChI is InChI=1S/C20H16F3NO4/c1-10(2)13-8-18(26)28-16-7-11(3-4-12(13)16)27-9-17(25)24-15-6-5-14(21)19(22)20(15)23/h3-8,10H,9H2,1-2H3,(H,24,25). The van der Waals surface area contributed by atoms with Crippen molar-refractivity contribution in [3.63, 3.8) is 0 Å². The van der Waals surface area contributed by atoms with E-state index in [0.29, 0.717) is 11.6 Å². The Labute approximate surface area is 157 Å². The monoisotopic (exact) mass is 391 g/mol. The van der Waals surface area contributed by atoms with Crippen LogP contribution in [0.5, 0.6) is 5.75 Å². The van der Waals surface area contributed by atoms with Crippen molar-refractivity contribution in [2.45, 2.75) is 19.8 Å². The van der Waals surface area contributed by atoms with Crippen molar-refractivity contribution in [1.29, 1.82) is 0 Å². The third-order valence-electron chi connectivity index (χ3n) is 4.05. The molecular weight excluding hydrogens is 375 g/mol. The Bertz CT molecular complexity index is 1110. The molecule has 0 aliphatic carbocycles. The number of carbonyl (C=O) groups is 1. The number of hydrogen-bond acceptors (Lipinski definition) is 4. The van der Waals surface area contributed by atoms with Gasteiger partial charge >= 0.3 is 5.63 Å². The fraction of sp³-hybridized carbons (Fsp3) is 0.200. The molecule has 8 heteroatoms. The summed E-state index contributed by atoms with van der Waals surface area (Å²) in [5.74, 6) is -4.95. The molecule has 0 saturated heterocycles. The lowest BCUT2D eigenvalue weighted by atomic mass is 10.00. The lowest BCUT2D eigenvalue weighted by Gasteiger charge is -2.11. The van der Waals surface area contributed by atoms with E-state index in [0.717, 1.165) is 17.0 Å². The topological polar surface area (TPSA) is 68.5 Å². The summed E-state index contributed by atoms with van der Waals surface area (Å²) >= 11 is 0. The van der Waals surface area contributed by atoms with Crippen LogP contribution in [-0.2, 0) is 4.79 Å². The Hall–Kier alpha value is -3.29. The van der Waals surface area contributed by atoms with E-state index in [-0.39, 0.29) is 11.7 Å². The number of nitrogens with one attached hydrogen (secondary N) is 1. The highest BCUT2D eigenvalue weighted by Crippen LogP contribution is 2.27. The van der Waals surface area contributed by atoms with E-state index in [1.54, 1.807) is 12.1 Å². The Morgan fingerprint density at radius 2 is 1.86 bits per heavy atom. The number of halogens is 3. The van der Waals surface area contributed by atoms with E-state index in [9.17, 15) is 22.8 Å². The molecule has 1 aromatic heterocycles. The quantitative estimate of drug-likeness (QED) is 0.519. The van der Waals surface area contributed by atoms with Crippen LogP contribution in [0.3, 0.4) is 0 Å². The average Bonchev–Trinajstić information content (AvgIpc) is 2.65. The van der Waals surface area contributed by atoms with Gasteiger partial charge in [0.15, 0.2) is 24.1 Å². The van der Waals surface area contributed by atoms with E-state index in [2.05, 4.69) is 5.32 Å². The molecule has 0 spiro atoms. The fourth-order valence-electron chi connectivity index (χ4n) is 2.69. The Kier molecular flexibility index (Phi) is 5.39. The maximum absolute atomic E-state index is 13.6. The molecule has 0 aliphatic rings. The van der Waals surface area contributed by atoms with Gasteiger partial charge in [-0.25, -0.2) is 18.0 Å². The number of amides is 1. The number of ether oxygens (including phenoxy) is 1. The Morgan fingerprint density at radius 1 is 1.11 bits per heavy atom. The highest BCUT2D eigenvalue weighted by molar-refractivity contribution is 5.92. The summed E-state index contributed by atoms with van der Waals surface area (Å²) in [7, 11) is 0. The van der Waals surface area contributed by atoms with Crippen LogP contribution in [0, 0.1) is 17.5 Å². The number of hydrogen-bond donors (Lipinski definition) is 1. The molecule has 1 N–H and O–H groups in total. The van der Waals surface area contributed by atoms with Gasteiger partial charge in [-0.1, -0.05) is 13.8 Å². The molecule has 0 saturated carbocycles. The maximum Gasteiger partial charge on any atom is 0.336 e. The van der Waals surface area contributed by atoms with Crippen LogP contribution in [-0.4, -0.2) is 12.5 Å². The minimum atomic E-state index is -1.68. The van der Waals surface area contributed by atoms with E-state index in [4.69, 9.17) is 9.15 Å². The normalized spacial score (nSPS) is 11.1. The fourth-order valence-corrected chi connectivity index (χ4v) is 2.69. The molecule has 2 aromatic carbocycles. The summed E-state index contributed by atoms with van der Waals surface area (Å²) in [6.45, 7) is 3.37. The Balaban J connectivity index is 1.74. The lowest BCUT2D eigenvalue weighted by molar-refractivity contribution is -0.118. The second-order valence-electron chi connectivity index (χ2n) is 6.39. The molecule has 0 unspecified atom stereocenters. The van der Waals surface area contributed by atoms with Gasteiger partial charge in [-0.3, -0.25) is 4.79 Å². The van der Waals surface area contributed by atoms with E-state index >= 15 is 0 Å². The van der Waals surface area contributed by atoms with Crippen LogP contribution < -0.4 is 15.7 Å². The third kappa shape index (κ3) is 4.00. The van der Waals surface area contributed by atoms with Crippen molar-refractivity contribution < 1.29 is 27.1 Å². The van der Waals surface area contributed by atoms with Gasteiger partial charge in [-0.05, 0) is 35.7 Å². The molecule has 0 radical (unpaired) electrons. The number of anilines is 1. The van der Waals surface area contributed by atoms with E-state index in [1.807, 2.05) is 13.8 Å². The van der Waals surface area contributed by atoms with Crippen LogP contribution >= 0.6 is 0 Å². The van der Waals surface area contributed by atoms with Gasteiger partial charge < -0.3 is 14.5 Å². The smallest absolute Gasteiger partial charge is 0.336 e. The van der Waals surface area contributed by atoms with Gasteiger partial charge in [-0.2, -0.15) is 0 Å². The first-order valence-electron chi connectivity index (χ1n) is 8.40. The molecule has 1 heterocycles. The second kappa shape index (κ2) is 7.75. The van der Waals surface area contributed by atoms with Crippen molar-refractivity contribution in [3.8, 4) is 5.75 Å². The zero-order valence-corrected chi connectivity index (χ0v) is 15.0. The summed E-state index contributed by atoms with van der Waals surface area (Å²) in [4.78, 5) is 23.6. The van der Waals surface area contributed by atoms with Gasteiger partial charge in [0.2, 0.25) is 0 Å². The summed E-state index contributed by atoms with van der Waals surface area (Å²) in [6, 6.07) is 7.80. The van der Waals surface area contributed by atoms with Crippen molar-refractivity contribution in [1.82, 2.24) is 0 Å². The minimum absolute atomic E-state index is 0.107. The molecule has 0 aliphatic heterocycles. The van der Waals surface area contributed by atoms with Crippen molar-refractivity contribution in [2.75, 3.05) is 11.9 Å². The summed E-state index contributed by atoms with van der Waals surface area (Å²) < 4.78 is 50.2. The van der Waals surface area contributed by atoms with Crippen LogP contribution in [0.2, 0.25) is 0 Å². The van der Waals surface area contributed by atoms with Gasteiger partial charge in [-0.15, -0.1) is 0 Å². The van der Waals surface area contributed by atoms with Crippen LogP contribution in [0.25, 0.3) is 11.0 Å². The van der Waals surface area contributed by atoms with Crippen LogP contribution in [0.15, 0.2) is 45.6 Å². The molecule has 5 nitrogen and oxygen atoms in total. The van der Waals surface area contributed by atoms with Crippen molar-refractivity contribution in [3.05, 3.63) is 69.8 Å². The first-order chi connectivity index (χ1) is 13.3. The number of fused-ring (bicyclic) bond motifs is 1. The first-order valence-corrected chi connectivity index (χ1v) is 8.40. The van der Waals surface area contributed by atoms with E-state index in [1.165, 1.54) is 12.1 Å². The van der Waals surface area contributed by atoms with Crippen molar-refractivity contribution >= 4 is 22.6 Å². The average molecular weight is 391 g/mol. The third-order valence-corrected chi connectivity index (χ3v) is 4.05. The van der Waals surface area contributed by atoms with E-state index < -0.39 is 41.3 Å². The zero-order chi connectivity index (χ0) is 20.4. The zero-order valence-electron chi connectivity index (χ0n) is 15.0. The van der Waals surface area contributed by atoms with Crippen molar-refractivity contribution in [2.24, 2.45) is 0 Å². The number of rotatable bonds is 5. The molecular formula is C20H16F3NO4. The number of carbonyl (C=O) groups excluding carboxylic acids is 1. The van der Waals surface area contributed by atoms with Gasteiger partial charge in [0, 0.05) is 17.5 Å². The predicted octanol–water partition coefficient (Wildman–Crippen LogP) is 4.35. The van der Waals surface area contributed by atoms with Gasteiger partial charge in [0.1, 0.15) is 11.3 Å². The van der Waals surface area contributed by atoms with Crippen LogP contribution in [0.1, 0.15) is 25.3 Å². The maximum atomic E-state index is 13.6. The number of benzene rings is 2. The Morgan fingerprint density at radius 3 is 2.57 bits per heavy atom. The summed E-state index contributed by atoms with van der Waals surface area (Å²) in [5.41, 5.74) is 0.128. The largest absolute Gasteiger partial charge is 0.484 e. The van der Waals surface area contributed by atoms with Gasteiger partial charge in [0.25, 0.3) is 5.91 Å². The minimum Gasteiger partial charge on any atom is -0.484 e. The highest BCUT2D eigenvalue weighted by atomic mass is 19.2. The second-order valence-corrected chi connectivity index (χ2v) is 6.39. The summed E-state index contributed by atoms with van der Waals surface area (Å²) in [6.07, 6.45) is 0. The molecule has 0 atom stereocenters. The van der Waals surface area contributed by atoms with Gasteiger partial charge in [0.05, 0.1) is 5.69 Å². The molecule has 3 aromatic rings. The van der Waals surface area contributed by atoms with Crippen LogP contribution in [0.4, 0.5) is 18.9 Å². The SMILES string of the molecule is CC(C)c1cc(=O)oc2cc(OCC(=O)Nc3ccc(F)c(F)c3F)ccc12. The lowest BCUT2D eigenvalue weighted by Crippen LogP contribution is -2.21. The predicted molar refractivity (Wildman–Crippen MR) is 97.0 cm³/mol. The molecule has 28 heavy (non-hydrogen) atoms. The summed E-state index contributed by atoms with van der Waals surface area (Å²) in [5, 5.41) is 2.85. The molecule has 0 fully saturated rings. The molecule has 146 valence electrons. The first kappa shape index (κ1) is 19.5. The highest BCUT2D eigenvalue weighted by Gasteiger charge is 2.16. The molecule has 0 bridgehead atoms.